The number of imide groups is 1. The van der Waals surface area contributed by atoms with E-state index in [0.29, 0.717) is 12.8 Å². The van der Waals surface area contributed by atoms with Gasteiger partial charge in [-0.25, -0.2) is 22.3 Å². The van der Waals surface area contributed by atoms with Gasteiger partial charge in [-0.05, 0) is 25.8 Å². The summed E-state index contributed by atoms with van der Waals surface area (Å²) in [6, 6.07) is -0.601. The Morgan fingerprint density at radius 3 is 2.57 bits per heavy atom. The Labute approximate surface area is 133 Å². The van der Waals surface area contributed by atoms with Crippen LogP contribution in [0.5, 0.6) is 0 Å². The van der Waals surface area contributed by atoms with Crippen LogP contribution in [0.15, 0.2) is 23.6 Å². The predicted octanol–water partition coefficient (Wildman–Crippen LogP) is 0.296. The molecule has 7 nitrogen and oxygen atoms in total. The maximum absolute atomic E-state index is 14.3. The number of rotatable bonds is 3. The number of sulfonamides is 1. The molecule has 9 heteroatoms. The molecule has 3 aliphatic rings. The summed E-state index contributed by atoms with van der Waals surface area (Å²) in [5.74, 6) is -1.57. The Morgan fingerprint density at radius 2 is 2.00 bits per heavy atom. The highest BCUT2D eigenvalue weighted by atomic mass is 32.2. The molecule has 2 aliphatic carbocycles. The summed E-state index contributed by atoms with van der Waals surface area (Å²) in [4.78, 5) is 25.0. The molecule has 0 aromatic rings. The van der Waals surface area contributed by atoms with Gasteiger partial charge in [-0.1, -0.05) is 0 Å². The zero-order chi connectivity index (χ0) is 17.2. The molecule has 3 amide bonds. The van der Waals surface area contributed by atoms with Crippen LogP contribution < -0.4 is 4.72 Å². The number of fused-ring (bicyclic) bond motifs is 1. The Hall–Kier alpha value is -1.87. The Kier molecular flexibility index (Phi) is 3.35. The van der Waals surface area contributed by atoms with Gasteiger partial charge in [0, 0.05) is 11.6 Å². The zero-order valence-electron chi connectivity index (χ0n) is 13.0. The number of carbonyl (C=O) groups excluding carboxylic acids is 2. The van der Waals surface area contributed by atoms with Crippen molar-refractivity contribution in [2.24, 2.45) is 0 Å². The van der Waals surface area contributed by atoms with Crippen LogP contribution >= 0.6 is 0 Å². The first-order valence-electron chi connectivity index (χ1n) is 7.10. The quantitative estimate of drug-likeness (QED) is 0.747. The van der Waals surface area contributed by atoms with E-state index in [1.54, 1.807) is 6.92 Å². The number of nitrogens with one attached hydrogen (secondary N) is 1. The average Bonchev–Trinajstić information content (AvgIpc) is 3.18. The van der Waals surface area contributed by atoms with Gasteiger partial charge in [0.1, 0.15) is 22.4 Å². The number of carbonyl (C=O) groups is 2. The van der Waals surface area contributed by atoms with E-state index >= 15 is 0 Å². The molecule has 0 bridgehead atoms. The minimum absolute atomic E-state index is 0.00678. The lowest BCUT2D eigenvalue weighted by Crippen LogP contribution is -2.50. The van der Waals surface area contributed by atoms with Crippen LogP contribution in [0.2, 0.25) is 0 Å². The highest BCUT2D eigenvalue weighted by molar-refractivity contribution is 7.90. The molecule has 124 valence electrons. The summed E-state index contributed by atoms with van der Waals surface area (Å²) in [6.07, 6.45) is 3.39. The number of allylic oxidation sites excluding steroid dienone is 1. The molecule has 1 unspecified atom stereocenters. The number of nitrogens with zero attached hydrogens (tertiary/aromatic N) is 2. The first kappa shape index (κ1) is 16.0. The first-order chi connectivity index (χ1) is 10.6. The van der Waals surface area contributed by atoms with E-state index < -0.39 is 38.6 Å². The second-order valence-electron chi connectivity index (χ2n) is 6.33. The smallest absolute Gasteiger partial charge is 0.241 e. The third-order valence-electron chi connectivity index (χ3n) is 4.33. The van der Waals surface area contributed by atoms with E-state index in [9.17, 15) is 22.4 Å². The predicted molar refractivity (Wildman–Crippen MR) is 80.1 cm³/mol. The average molecular weight is 342 g/mol. The van der Waals surface area contributed by atoms with E-state index in [2.05, 4.69) is 4.72 Å². The molecular weight excluding hydrogens is 325 g/mol. The fourth-order valence-electron chi connectivity index (χ4n) is 2.60. The van der Waals surface area contributed by atoms with Crippen molar-refractivity contribution >= 4 is 27.7 Å². The molecule has 3 rings (SSSR count). The van der Waals surface area contributed by atoms with Crippen LogP contribution in [-0.4, -0.2) is 60.4 Å². The van der Waals surface area contributed by atoms with Crippen molar-refractivity contribution < 1.29 is 27.0 Å². The van der Waals surface area contributed by atoms with Crippen LogP contribution in [-0.2, 0) is 14.8 Å². The molecule has 23 heavy (non-hydrogen) atoms. The summed E-state index contributed by atoms with van der Waals surface area (Å²) in [5, 5.41) is -1.57. The van der Waals surface area contributed by atoms with E-state index in [1.165, 1.54) is 14.1 Å². The van der Waals surface area contributed by atoms with Gasteiger partial charge in [-0.3, -0.25) is 0 Å². The van der Waals surface area contributed by atoms with Gasteiger partial charge in [0.25, 0.3) is 0 Å². The topological polar surface area (TPSA) is 86.6 Å². The molecular formula is C14H17FN3O4S+. The molecule has 1 heterocycles. The second-order valence-corrected chi connectivity index (χ2v) is 8.13. The highest BCUT2D eigenvalue weighted by Crippen LogP contribution is 2.36. The number of hydrogen-bond donors (Lipinski definition) is 1. The molecule has 0 spiro atoms. The molecule has 1 fully saturated rings. The molecule has 1 saturated carbocycles. The fraction of sp³-hybridized carbons (Fsp3) is 0.500. The van der Waals surface area contributed by atoms with Gasteiger partial charge >= 0.3 is 11.9 Å². The normalized spacial score (nSPS) is 26.8. The number of hydrogen-bond acceptors (Lipinski definition) is 4. The summed E-state index contributed by atoms with van der Waals surface area (Å²) in [5.41, 5.74) is -0.464. The van der Waals surface area contributed by atoms with Gasteiger partial charge in [0.05, 0.1) is 14.1 Å². The monoisotopic (exact) mass is 342 g/mol. The lowest BCUT2D eigenvalue weighted by molar-refractivity contribution is -0.401. The molecule has 0 aromatic carbocycles. The highest BCUT2D eigenvalue weighted by Gasteiger charge is 2.47. The molecule has 1 N–H and O–H groups in total. The minimum Gasteiger partial charge on any atom is -0.241 e. The van der Waals surface area contributed by atoms with Crippen LogP contribution in [0, 0.1) is 0 Å². The van der Waals surface area contributed by atoms with Crippen LogP contribution in [0.3, 0.4) is 0 Å². The van der Waals surface area contributed by atoms with Gasteiger partial charge in [-0.2, -0.15) is 14.3 Å². The van der Waals surface area contributed by atoms with Gasteiger partial charge in [-0.15, -0.1) is 0 Å². The third-order valence-corrected chi connectivity index (χ3v) is 6.14. The molecule has 0 radical (unpaired) electrons. The maximum atomic E-state index is 14.3. The maximum Gasteiger partial charge on any atom is 0.501 e. The zero-order valence-corrected chi connectivity index (χ0v) is 13.8. The number of likely N-dealkylation sites (N-methyl/N-ethyl adjacent to an activating group) is 1. The summed E-state index contributed by atoms with van der Waals surface area (Å²) in [7, 11) is -1.32. The van der Waals surface area contributed by atoms with Gasteiger partial charge < -0.3 is 0 Å². The van der Waals surface area contributed by atoms with E-state index in [4.69, 9.17) is 0 Å². The van der Waals surface area contributed by atoms with E-state index in [0.717, 1.165) is 21.6 Å². The lowest BCUT2D eigenvalue weighted by Gasteiger charge is -2.24. The summed E-state index contributed by atoms with van der Waals surface area (Å²) >= 11 is 0. The molecule has 1 aliphatic heterocycles. The molecule has 0 aromatic heterocycles. The van der Waals surface area contributed by atoms with Crippen LogP contribution in [0.25, 0.3) is 0 Å². The Balaban J connectivity index is 2.05. The fourth-order valence-corrected chi connectivity index (χ4v) is 4.29. The van der Waals surface area contributed by atoms with Crippen molar-refractivity contribution in [1.29, 1.82) is 0 Å². The lowest BCUT2D eigenvalue weighted by atomic mass is 9.99. The first-order valence-corrected chi connectivity index (χ1v) is 8.65. The van der Waals surface area contributed by atoms with E-state index in [1.807, 2.05) is 0 Å². The van der Waals surface area contributed by atoms with Crippen LogP contribution in [0.1, 0.15) is 19.8 Å². The molecule has 1 atom stereocenters. The van der Waals surface area contributed by atoms with Gasteiger partial charge in [0.15, 0.2) is 0 Å². The van der Waals surface area contributed by atoms with Crippen molar-refractivity contribution in [2.45, 2.75) is 30.6 Å². The van der Waals surface area contributed by atoms with Crippen molar-refractivity contribution in [3.05, 3.63) is 23.6 Å². The van der Waals surface area contributed by atoms with Crippen molar-refractivity contribution in [3.63, 3.8) is 0 Å². The summed E-state index contributed by atoms with van der Waals surface area (Å²) < 4.78 is 42.8. The Bertz CT molecular complexity index is 821. The number of urea groups is 1. The minimum atomic E-state index is -4.01. The SMILES string of the molecule is CN1C(=O)C2=CC(S(=O)(=O)NC3(C)CC3)C(F)=CC2=[N+](C)C1=O. The molecule has 0 saturated heterocycles. The number of amides is 3. The third kappa shape index (κ3) is 2.53. The van der Waals surface area contributed by atoms with Crippen molar-refractivity contribution in [2.75, 3.05) is 14.1 Å². The van der Waals surface area contributed by atoms with Gasteiger partial charge in [0.2, 0.25) is 10.0 Å². The Morgan fingerprint density at radius 1 is 1.39 bits per heavy atom. The largest absolute Gasteiger partial charge is 0.501 e. The van der Waals surface area contributed by atoms with E-state index in [-0.39, 0.29) is 11.3 Å². The van der Waals surface area contributed by atoms with Crippen molar-refractivity contribution in [1.82, 2.24) is 9.62 Å². The second kappa shape index (κ2) is 4.81. The van der Waals surface area contributed by atoms with Crippen molar-refractivity contribution in [3.8, 4) is 0 Å². The summed E-state index contributed by atoms with van der Waals surface area (Å²) in [6.45, 7) is 1.74. The standard InChI is InChI=1S/C14H17FN3O4S/c1-14(4-5-14)16-23(21,22)11-6-8-10(7-9(11)15)17(2)13(20)18(3)12(8)19/h6-7,11,16H,4-5H2,1-3H3/q+1. The number of halogens is 1. The van der Waals surface area contributed by atoms with Crippen LogP contribution in [0.4, 0.5) is 9.18 Å².